The van der Waals surface area contributed by atoms with Crippen molar-refractivity contribution in [3.8, 4) is 11.1 Å². The number of hydrogen-bond acceptors (Lipinski definition) is 2. The van der Waals surface area contributed by atoms with Crippen molar-refractivity contribution in [1.29, 1.82) is 0 Å². The Bertz CT molecular complexity index is 3890. The molecule has 4 nitrogen and oxygen atoms in total. The predicted molar refractivity (Wildman–Crippen MR) is 273 cm³/mol. The minimum absolute atomic E-state index is 0.150. The molecule has 6 fully saturated rings. The minimum Gasteiger partial charge on any atom is -0.308 e. The zero-order valence-corrected chi connectivity index (χ0v) is 39.1. The molecule has 4 heteroatoms. The highest BCUT2D eigenvalue weighted by atomic mass is 16.1. The lowest BCUT2D eigenvalue weighted by Crippen LogP contribution is -2.48. The Hall–Kier alpha value is -5.74. The molecule has 0 amide bonds. The summed E-state index contributed by atoms with van der Waals surface area (Å²) in [4.78, 5) is 28.9. The molecule has 0 N–H and O–H groups in total. The summed E-state index contributed by atoms with van der Waals surface area (Å²) in [7, 11) is 0. The largest absolute Gasteiger partial charge is 0.308 e. The summed E-state index contributed by atoms with van der Waals surface area (Å²) in [5.74, 6) is 4.58. The van der Waals surface area contributed by atoms with Gasteiger partial charge in [-0.25, -0.2) is 0 Å². The highest BCUT2D eigenvalue weighted by Crippen LogP contribution is 2.62. The zero-order valence-electron chi connectivity index (χ0n) is 39.1. The average molecular weight is 873 g/mol. The number of hydrogen-bond donors (Lipinski definition) is 0. The SMILES string of the molecule is Cc1cc(C)c(-c2cc3c4cc5c(cc4n4c6cc7c8cc(C9%10CC%11CC(CC(C%11)C9)C%10)cc9c%10cc%11c(cc%10n(c7cc6c(c2)c34)c98)C(=O)C2CCC%11CC2)C(=O)C2CCC5CC2)c(C)c1. The number of carbonyl (C=O) groups excluding carboxylic acids is 2. The van der Waals surface area contributed by atoms with Gasteiger partial charge in [0.15, 0.2) is 11.6 Å². The predicted octanol–water partition coefficient (Wildman–Crippen LogP) is 16.0. The number of rotatable bonds is 2. The van der Waals surface area contributed by atoms with Crippen LogP contribution in [0.15, 0.2) is 72.8 Å². The van der Waals surface area contributed by atoms with Crippen molar-refractivity contribution in [2.45, 2.75) is 128 Å². The highest BCUT2D eigenvalue weighted by Gasteiger charge is 2.52. The quantitative estimate of drug-likeness (QED) is 0.174. The molecule has 0 spiro atoms. The van der Waals surface area contributed by atoms with Crippen molar-refractivity contribution in [2.24, 2.45) is 29.6 Å². The second-order valence-electron chi connectivity index (χ2n) is 24.1. The third kappa shape index (κ3) is 4.58. The van der Waals surface area contributed by atoms with Crippen molar-refractivity contribution in [2.75, 3.05) is 0 Å². The minimum atomic E-state index is 0.150. The lowest BCUT2D eigenvalue weighted by Gasteiger charge is -2.57. The summed E-state index contributed by atoms with van der Waals surface area (Å²) < 4.78 is 5.16. The van der Waals surface area contributed by atoms with E-state index in [0.717, 1.165) is 80.2 Å². The van der Waals surface area contributed by atoms with Crippen LogP contribution in [0.2, 0.25) is 0 Å². The number of carbonyl (C=O) groups is 2. The molecule has 6 aromatic carbocycles. The topological polar surface area (TPSA) is 43.0 Å². The molecule has 10 aliphatic carbocycles. The number of ketones is 2. The number of benzene rings is 6. The van der Waals surface area contributed by atoms with Gasteiger partial charge >= 0.3 is 0 Å². The fourth-order valence-corrected chi connectivity index (χ4v) is 18.1. The first kappa shape index (κ1) is 37.3. The first-order valence-electron chi connectivity index (χ1n) is 26.3. The average Bonchev–Trinajstić information content (AvgIpc) is 3.94. The molecule has 8 bridgehead atoms. The second-order valence-corrected chi connectivity index (χ2v) is 24.1. The van der Waals surface area contributed by atoms with Crippen LogP contribution in [0.5, 0.6) is 0 Å². The second kappa shape index (κ2) is 12.3. The summed E-state index contributed by atoms with van der Waals surface area (Å²) in [6.07, 6.45) is 16.9. The monoisotopic (exact) mass is 872 g/mol. The molecule has 4 heterocycles. The van der Waals surface area contributed by atoms with E-state index in [2.05, 4.69) is 102 Å². The number of fused-ring (bicyclic) bond motifs is 16. The van der Waals surface area contributed by atoms with Crippen LogP contribution in [0.1, 0.15) is 156 Å². The van der Waals surface area contributed by atoms with E-state index in [4.69, 9.17) is 0 Å². The Labute approximate surface area is 390 Å². The molecule has 67 heavy (non-hydrogen) atoms. The number of nitrogens with zero attached hydrogens (tertiary/aromatic N) is 2. The smallest absolute Gasteiger partial charge is 0.166 e. The van der Waals surface area contributed by atoms with Crippen LogP contribution in [0.3, 0.4) is 0 Å². The van der Waals surface area contributed by atoms with Gasteiger partial charge in [0.1, 0.15) is 0 Å². The Morgan fingerprint density at radius 3 is 1.27 bits per heavy atom. The van der Waals surface area contributed by atoms with Crippen molar-refractivity contribution < 1.29 is 9.59 Å². The van der Waals surface area contributed by atoms with Gasteiger partial charge in [-0.3, -0.25) is 9.59 Å². The van der Waals surface area contributed by atoms with E-state index >= 15 is 0 Å². The van der Waals surface area contributed by atoms with E-state index in [-0.39, 0.29) is 17.3 Å². The zero-order chi connectivity index (χ0) is 44.1. The first-order valence-corrected chi connectivity index (χ1v) is 26.3. The maximum atomic E-state index is 14.4. The van der Waals surface area contributed by atoms with E-state index < -0.39 is 0 Å². The van der Waals surface area contributed by atoms with Crippen LogP contribution in [0, 0.1) is 50.4 Å². The Kier molecular flexibility index (Phi) is 6.83. The fraction of sp³-hybridized carbons (Fsp3) is 0.397. The maximum absolute atomic E-state index is 14.4. The van der Waals surface area contributed by atoms with Crippen molar-refractivity contribution in [1.82, 2.24) is 8.80 Å². The summed E-state index contributed by atoms with van der Waals surface area (Å²) in [5.41, 5.74) is 20.4. The molecule has 0 saturated heterocycles. The summed E-state index contributed by atoms with van der Waals surface area (Å²) in [5, 5.41) is 10.5. The normalized spacial score (nSPS) is 28.9. The molecule has 6 saturated carbocycles. The highest BCUT2D eigenvalue weighted by molar-refractivity contribution is 6.30. The molecule has 0 aliphatic heterocycles. The van der Waals surface area contributed by atoms with Gasteiger partial charge in [-0.2, -0.15) is 0 Å². The summed E-state index contributed by atoms with van der Waals surface area (Å²) in [6.45, 7) is 6.76. The third-order valence-electron chi connectivity index (χ3n) is 20.5. The van der Waals surface area contributed by atoms with Gasteiger partial charge in [0.2, 0.25) is 0 Å². The van der Waals surface area contributed by atoms with Crippen LogP contribution in [0.4, 0.5) is 0 Å². The molecule has 0 atom stereocenters. The lowest BCUT2D eigenvalue weighted by atomic mass is 9.48. The Morgan fingerprint density at radius 1 is 0.433 bits per heavy atom. The van der Waals surface area contributed by atoms with Crippen LogP contribution in [-0.4, -0.2) is 20.4 Å². The van der Waals surface area contributed by atoms with Crippen molar-refractivity contribution in [3.63, 3.8) is 0 Å². The van der Waals surface area contributed by atoms with Crippen LogP contribution >= 0.6 is 0 Å². The van der Waals surface area contributed by atoms with Gasteiger partial charge in [0.05, 0.1) is 33.1 Å². The van der Waals surface area contributed by atoms with E-state index in [0.29, 0.717) is 23.4 Å². The van der Waals surface area contributed by atoms with Crippen molar-refractivity contribution in [3.05, 3.63) is 117 Å². The Morgan fingerprint density at radius 2 is 0.821 bits per heavy atom. The van der Waals surface area contributed by atoms with E-state index in [1.807, 2.05) is 0 Å². The fourth-order valence-electron chi connectivity index (χ4n) is 18.1. The van der Waals surface area contributed by atoms with Crippen LogP contribution in [-0.2, 0) is 5.41 Å². The third-order valence-corrected chi connectivity index (χ3v) is 20.5. The van der Waals surface area contributed by atoms with Gasteiger partial charge < -0.3 is 8.80 Å². The molecule has 0 radical (unpaired) electrons. The van der Waals surface area contributed by atoms with E-state index in [1.165, 1.54) is 154 Å². The molecular formula is C63H56N2O2. The standard InChI is InChI=1S/C63H56N2O2/c1-30-12-31(2)58(32(3)13-30)40-17-48-44-21-42-36-4-8-38(9-5-36)61(66)52(42)25-56(44)64-54-24-47-51-20-41(63-27-33-14-34(28-63)16-35(15-33)29-63)19-50-45-22-43-37-6-10-39(11-7-37)62(67)53(43)26-57(45)65(60(50)51)55(47)23-46(54)49(18-40)59(48)64/h12-13,17-26,33-39H,4-11,14-16,27-29H2,1-3H3. The molecular weight excluding hydrogens is 817 g/mol. The number of Topliss-reactive ketones (excluding diaryl/α,β-unsaturated/α-hetero) is 2. The van der Waals surface area contributed by atoms with Gasteiger partial charge in [0.25, 0.3) is 0 Å². The maximum Gasteiger partial charge on any atom is 0.166 e. The number of aromatic nitrogens is 2. The number of aryl methyl sites for hydroxylation is 3. The molecule has 0 unspecified atom stereocenters. The van der Waals surface area contributed by atoms with E-state index in [9.17, 15) is 9.59 Å². The molecule has 10 aromatic rings. The molecule has 4 aromatic heterocycles. The Balaban J connectivity index is 1.02. The van der Waals surface area contributed by atoms with Crippen LogP contribution < -0.4 is 0 Å². The van der Waals surface area contributed by atoms with Gasteiger partial charge in [-0.15, -0.1) is 0 Å². The van der Waals surface area contributed by atoms with Crippen LogP contribution in [0.25, 0.3) is 87.3 Å². The summed E-state index contributed by atoms with van der Waals surface area (Å²) >= 11 is 0. The first-order chi connectivity index (χ1) is 32.6. The molecule has 10 aliphatic rings. The molecule has 330 valence electrons. The van der Waals surface area contributed by atoms with Gasteiger partial charge in [-0.1, -0.05) is 17.7 Å². The van der Waals surface area contributed by atoms with E-state index in [1.54, 1.807) is 5.56 Å². The summed E-state index contributed by atoms with van der Waals surface area (Å²) in [6, 6.07) is 29.7. The van der Waals surface area contributed by atoms with Gasteiger partial charge in [0, 0.05) is 66.1 Å². The molecule has 20 rings (SSSR count). The lowest BCUT2D eigenvalue weighted by molar-refractivity contribution is -0.00508. The van der Waals surface area contributed by atoms with Crippen molar-refractivity contribution >= 4 is 87.8 Å². The van der Waals surface area contributed by atoms with Gasteiger partial charge in [-0.05, 0) is 245 Å².